The number of aromatic nitrogens is 2. The fourth-order valence-electron chi connectivity index (χ4n) is 5.88. The van der Waals surface area contributed by atoms with Gasteiger partial charge in [-0.05, 0) is 23.3 Å². The number of para-hydroxylation sites is 2. The molecule has 0 aliphatic carbocycles. The van der Waals surface area contributed by atoms with Crippen LogP contribution in [0.4, 0.5) is 0 Å². The van der Waals surface area contributed by atoms with Gasteiger partial charge in [0, 0.05) is 23.2 Å². The van der Waals surface area contributed by atoms with E-state index in [0.717, 1.165) is 11.0 Å². The third kappa shape index (κ3) is 7.76. The number of rotatable bonds is 2. The van der Waals surface area contributed by atoms with E-state index < -0.39 is 0 Å². The average molecular weight is 733 g/mol. The zero-order valence-corrected chi connectivity index (χ0v) is 31.3. The molecular weight excluding hydrogens is 699 g/mol. The largest absolute Gasteiger partial charge is 1.00 e. The Bertz CT molecular complexity index is 2100. The average Bonchev–Trinajstić information content (AvgIpc) is 3.61. The van der Waals surface area contributed by atoms with Crippen LogP contribution in [-0.2, 0) is 23.3 Å². The monoisotopic (exact) mass is 730 g/mol. The molecule has 0 spiro atoms. The number of pyridine rings is 2. The fraction of sp³-hybridized carbons (Fsp3) is 0.100. The van der Waals surface area contributed by atoms with Crippen LogP contribution in [0, 0.1) is 13.8 Å². The summed E-state index contributed by atoms with van der Waals surface area (Å²) in [7, 11) is 0. The maximum absolute atomic E-state index is 4.57. The summed E-state index contributed by atoms with van der Waals surface area (Å²) in [5, 5.41) is 7.59. The molecule has 0 saturated carbocycles. The Hall–Kier alpha value is -3.40. The van der Waals surface area contributed by atoms with E-state index in [1.807, 2.05) is 24.5 Å². The van der Waals surface area contributed by atoms with E-state index in [4.69, 9.17) is 0 Å². The van der Waals surface area contributed by atoms with E-state index in [0.29, 0.717) is 0 Å². The van der Waals surface area contributed by atoms with Crippen molar-refractivity contribution in [3.8, 4) is 22.3 Å². The molecular formula is C40H34Cl2N2SiZr-2. The summed E-state index contributed by atoms with van der Waals surface area (Å²) in [6, 6.07) is 42.9. The summed E-state index contributed by atoms with van der Waals surface area (Å²) in [6.07, 6.45) is 3.73. The van der Waals surface area contributed by atoms with E-state index >= 15 is 0 Å². The predicted octanol–water partition coefficient (Wildman–Crippen LogP) is 4.96. The molecule has 0 bridgehead atoms. The second kappa shape index (κ2) is 15.9. The molecule has 8 rings (SSSR count). The standard InChI is InChI=1S/2C19H14N.C2H6Si.2ClH.Zr/c2*1-13-11-15-6-3-8-16(18(15)12-13)17-9-2-5-14-7-4-10-20-19(14)17;1-3-2;;;/h2*2-12H,1H3;1-2H3;2*1H;/q2*-1;;;;+2/p-2. The summed E-state index contributed by atoms with van der Waals surface area (Å²) < 4.78 is 0. The van der Waals surface area contributed by atoms with Crippen molar-refractivity contribution in [2.45, 2.75) is 26.9 Å². The minimum atomic E-state index is 0. The van der Waals surface area contributed by atoms with Crippen molar-refractivity contribution in [2.75, 3.05) is 0 Å². The number of fused-ring (bicyclic) bond motifs is 4. The van der Waals surface area contributed by atoms with Gasteiger partial charge in [0.05, 0.1) is 11.0 Å². The van der Waals surface area contributed by atoms with Crippen LogP contribution in [0.3, 0.4) is 0 Å². The molecule has 228 valence electrons. The molecule has 0 aliphatic rings. The van der Waals surface area contributed by atoms with Gasteiger partial charge in [-0.3, -0.25) is 9.97 Å². The van der Waals surface area contributed by atoms with Gasteiger partial charge >= 0.3 is 41.9 Å². The number of nitrogens with zero attached hydrogens (tertiary/aromatic N) is 2. The maximum Gasteiger partial charge on any atom is 0.0772 e. The molecule has 6 aromatic carbocycles. The van der Waals surface area contributed by atoms with Crippen molar-refractivity contribution in [1.82, 2.24) is 9.97 Å². The fourth-order valence-corrected chi connectivity index (χ4v) is 5.88. The smallest absolute Gasteiger partial charge is 0.0772 e. The molecule has 46 heavy (non-hydrogen) atoms. The first-order chi connectivity index (χ1) is 21.4. The minimum Gasteiger partial charge on any atom is -1.00 e. The molecule has 2 heterocycles. The second-order valence-corrected chi connectivity index (χ2v) is 20.8. The first-order valence-corrected chi connectivity index (χ1v) is 21.1. The molecule has 0 radical (unpaired) electrons. The molecule has 0 atom stereocenters. The quantitative estimate of drug-likeness (QED) is 0.186. The Morgan fingerprint density at radius 1 is 0.522 bits per heavy atom. The number of aryl methyl sites for hydroxylation is 2. The molecule has 2 nitrogen and oxygen atoms in total. The molecule has 8 aromatic rings. The van der Waals surface area contributed by atoms with Crippen molar-refractivity contribution >= 4 is 48.8 Å². The minimum absolute atomic E-state index is 0. The van der Waals surface area contributed by atoms with Gasteiger partial charge in [0.15, 0.2) is 0 Å². The zero-order valence-electron chi connectivity index (χ0n) is 26.4. The topological polar surface area (TPSA) is 25.8 Å². The summed E-state index contributed by atoms with van der Waals surface area (Å²) in [6.45, 7) is 8.90. The Morgan fingerprint density at radius 2 is 0.870 bits per heavy atom. The number of hydrogen-bond donors (Lipinski definition) is 0. The number of benzene rings is 4. The predicted molar refractivity (Wildman–Crippen MR) is 188 cm³/mol. The van der Waals surface area contributed by atoms with Crippen LogP contribution in [0.2, 0.25) is 13.1 Å². The van der Waals surface area contributed by atoms with Gasteiger partial charge in [-0.1, -0.05) is 85.6 Å². The Morgan fingerprint density at radius 3 is 1.28 bits per heavy atom. The van der Waals surface area contributed by atoms with Gasteiger partial charge in [-0.15, -0.1) is 69.1 Å². The van der Waals surface area contributed by atoms with E-state index in [2.05, 4.69) is 146 Å². The zero-order chi connectivity index (χ0) is 30.6. The summed E-state index contributed by atoms with van der Waals surface area (Å²) in [5.41, 5.74) is 9.91. The SMILES string of the molecule is C[Si](C)=[Zr+2].Cc1cc2c(-c3cccc4cccnc34)cccc2[cH-]1.Cc1cc2c(-c3cccc4cccnc34)cccc2[cH-]1.[Cl-].[Cl-]. The van der Waals surface area contributed by atoms with Crippen molar-refractivity contribution in [3.05, 3.63) is 145 Å². The molecule has 0 fully saturated rings. The van der Waals surface area contributed by atoms with Crippen LogP contribution < -0.4 is 24.8 Å². The first-order valence-electron chi connectivity index (χ1n) is 14.9. The van der Waals surface area contributed by atoms with Crippen LogP contribution in [0.5, 0.6) is 0 Å². The van der Waals surface area contributed by atoms with Crippen molar-refractivity contribution in [2.24, 2.45) is 0 Å². The van der Waals surface area contributed by atoms with E-state index in [9.17, 15) is 0 Å². The van der Waals surface area contributed by atoms with E-state index in [1.54, 1.807) is 23.3 Å². The molecule has 6 heteroatoms. The van der Waals surface area contributed by atoms with Crippen LogP contribution in [0.1, 0.15) is 11.1 Å². The van der Waals surface area contributed by atoms with Crippen molar-refractivity contribution in [1.29, 1.82) is 0 Å². The van der Waals surface area contributed by atoms with Crippen LogP contribution in [-0.4, -0.2) is 15.4 Å². The third-order valence-corrected chi connectivity index (χ3v) is 7.64. The molecule has 0 amide bonds. The third-order valence-electron chi connectivity index (χ3n) is 7.64. The number of halogens is 2. The second-order valence-electron chi connectivity index (χ2n) is 11.4. The molecule has 2 aromatic heterocycles. The van der Waals surface area contributed by atoms with Crippen molar-refractivity contribution in [3.63, 3.8) is 0 Å². The van der Waals surface area contributed by atoms with Gasteiger partial charge in [0.1, 0.15) is 0 Å². The van der Waals surface area contributed by atoms with Crippen LogP contribution in [0.15, 0.2) is 134 Å². The Kier molecular flexibility index (Phi) is 12.3. The molecule has 0 aliphatic heterocycles. The van der Waals surface area contributed by atoms with Gasteiger partial charge in [-0.25, -0.2) is 0 Å². The van der Waals surface area contributed by atoms with Crippen LogP contribution >= 0.6 is 0 Å². The van der Waals surface area contributed by atoms with Gasteiger partial charge in [-0.2, -0.15) is 12.1 Å². The van der Waals surface area contributed by atoms with Gasteiger partial charge in [0.25, 0.3) is 0 Å². The van der Waals surface area contributed by atoms with E-state index in [-0.39, 0.29) is 30.2 Å². The van der Waals surface area contributed by atoms with Gasteiger partial charge < -0.3 is 24.8 Å². The summed E-state index contributed by atoms with van der Waals surface area (Å²) >= 11 is 1.74. The van der Waals surface area contributed by atoms with Gasteiger partial charge in [0.2, 0.25) is 0 Å². The normalized spacial score (nSPS) is 10.4. The molecule has 0 N–H and O–H groups in total. The summed E-state index contributed by atoms with van der Waals surface area (Å²) in [4.78, 5) is 9.14. The first kappa shape index (κ1) is 35.5. The number of hydrogen-bond acceptors (Lipinski definition) is 2. The summed E-state index contributed by atoms with van der Waals surface area (Å²) in [5.74, 6) is 0. The molecule has 0 saturated heterocycles. The molecule has 0 unspecified atom stereocenters. The Balaban J connectivity index is 0.000000180. The Labute approximate surface area is 298 Å². The maximum atomic E-state index is 4.57. The van der Waals surface area contributed by atoms with Crippen LogP contribution in [0.25, 0.3) is 65.6 Å². The van der Waals surface area contributed by atoms with Crippen molar-refractivity contribution < 1.29 is 48.1 Å². The van der Waals surface area contributed by atoms with E-state index in [1.165, 1.54) is 65.7 Å².